The van der Waals surface area contributed by atoms with Crippen molar-refractivity contribution >= 4 is 21.7 Å². The smallest absolute Gasteiger partial charge is 0.243 e. The molecule has 1 fully saturated rings. The number of halogens is 1. The summed E-state index contributed by atoms with van der Waals surface area (Å²) in [5.74, 6) is 0.997. The lowest BCUT2D eigenvalue weighted by molar-refractivity contribution is 0.245. The summed E-state index contributed by atoms with van der Waals surface area (Å²) < 4.78 is 46.8. The minimum atomic E-state index is -3.65. The second-order valence-corrected chi connectivity index (χ2v) is 11.9. The summed E-state index contributed by atoms with van der Waals surface area (Å²) in [6.45, 7) is 2.74. The topological polar surface area (TPSA) is 110 Å². The highest BCUT2D eigenvalue weighted by atomic mass is 32.2. The Kier molecular flexibility index (Phi) is 8.11. The van der Waals surface area contributed by atoms with Crippen molar-refractivity contribution in [2.24, 2.45) is 11.7 Å². The van der Waals surface area contributed by atoms with Crippen molar-refractivity contribution in [3.05, 3.63) is 95.9 Å². The van der Waals surface area contributed by atoms with E-state index in [1.165, 1.54) is 16.4 Å². The molecule has 0 radical (unpaired) electrons. The Morgan fingerprint density at radius 1 is 1.02 bits per heavy atom. The predicted octanol–water partition coefficient (Wildman–Crippen LogP) is 5.44. The maximum absolute atomic E-state index is 13.3. The molecule has 208 valence electrons. The number of benzene rings is 3. The van der Waals surface area contributed by atoms with Crippen LogP contribution in [0.15, 0.2) is 83.9 Å². The largest absolute Gasteiger partial charge is 0.496 e. The van der Waals surface area contributed by atoms with Crippen molar-refractivity contribution in [1.29, 1.82) is 0 Å². The van der Waals surface area contributed by atoms with Gasteiger partial charge >= 0.3 is 0 Å². The van der Waals surface area contributed by atoms with Crippen LogP contribution in [-0.4, -0.2) is 42.9 Å². The highest BCUT2D eigenvalue weighted by Gasteiger charge is 2.32. The molecule has 3 N–H and O–H groups in total. The molecule has 0 bridgehead atoms. The zero-order chi connectivity index (χ0) is 28.3. The normalized spacial score (nSPS) is 15.5. The van der Waals surface area contributed by atoms with Crippen molar-refractivity contribution < 1.29 is 17.5 Å². The molecule has 1 saturated heterocycles. The van der Waals surface area contributed by atoms with Crippen LogP contribution in [-0.2, 0) is 10.0 Å². The summed E-state index contributed by atoms with van der Waals surface area (Å²) in [6.07, 6.45) is 2.94. The van der Waals surface area contributed by atoms with Crippen molar-refractivity contribution in [2.75, 3.05) is 25.5 Å². The van der Waals surface area contributed by atoms with E-state index in [0.717, 1.165) is 28.1 Å². The van der Waals surface area contributed by atoms with Gasteiger partial charge < -0.3 is 15.8 Å². The SMILES string of the molecule is COc1cc(-c2ccnc(Nc3ccc(S(=O)(=O)N4CCC([C@@H](N)c5ccc(F)cc5)CC4)cc3)n2)ccc1C. The number of sulfonamides is 1. The molecule has 40 heavy (non-hydrogen) atoms. The Balaban J connectivity index is 1.23. The number of hydrogen-bond acceptors (Lipinski definition) is 7. The van der Waals surface area contributed by atoms with Gasteiger partial charge in [-0.15, -0.1) is 0 Å². The molecule has 0 spiro atoms. The van der Waals surface area contributed by atoms with E-state index in [1.807, 2.05) is 31.2 Å². The van der Waals surface area contributed by atoms with Crippen LogP contribution in [0.1, 0.15) is 30.0 Å². The summed E-state index contributed by atoms with van der Waals surface area (Å²) in [6, 6.07) is 20.2. The van der Waals surface area contributed by atoms with E-state index < -0.39 is 10.0 Å². The van der Waals surface area contributed by atoms with Gasteiger partial charge in [-0.25, -0.2) is 22.8 Å². The Morgan fingerprint density at radius 3 is 2.40 bits per heavy atom. The summed E-state index contributed by atoms with van der Waals surface area (Å²) in [4.78, 5) is 9.13. The van der Waals surface area contributed by atoms with Gasteiger partial charge in [0.05, 0.1) is 17.7 Å². The number of nitrogens with two attached hydrogens (primary N) is 1. The van der Waals surface area contributed by atoms with Gasteiger partial charge in [0, 0.05) is 36.6 Å². The Hall–Kier alpha value is -3.86. The van der Waals surface area contributed by atoms with Gasteiger partial charge in [-0.3, -0.25) is 0 Å². The van der Waals surface area contributed by atoms with Gasteiger partial charge in [0.2, 0.25) is 16.0 Å². The molecule has 1 aliphatic heterocycles. The highest BCUT2D eigenvalue weighted by molar-refractivity contribution is 7.89. The maximum Gasteiger partial charge on any atom is 0.243 e. The van der Waals surface area contributed by atoms with Gasteiger partial charge in [0.1, 0.15) is 11.6 Å². The number of ether oxygens (including phenoxy) is 1. The first kappa shape index (κ1) is 27.7. The van der Waals surface area contributed by atoms with E-state index in [1.54, 1.807) is 49.7 Å². The fourth-order valence-corrected chi connectivity index (χ4v) is 6.45. The molecule has 4 aromatic rings. The van der Waals surface area contributed by atoms with Crippen LogP contribution in [0.25, 0.3) is 11.3 Å². The molecular weight excluding hydrogens is 529 g/mol. The lowest BCUT2D eigenvalue weighted by atomic mass is 9.86. The van der Waals surface area contributed by atoms with Gasteiger partial charge in [0.15, 0.2) is 0 Å². The average molecular weight is 562 g/mol. The second-order valence-electron chi connectivity index (χ2n) is 9.92. The molecule has 10 heteroatoms. The molecule has 3 aromatic carbocycles. The minimum Gasteiger partial charge on any atom is -0.496 e. The van der Waals surface area contributed by atoms with Gasteiger partial charge in [0.25, 0.3) is 0 Å². The van der Waals surface area contributed by atoms with E-state index in [2.05, 4.69) is 15.3 Å². The van der Waals surface area contributed by atoms with Crippen LogP contribution in [0.5, 0.6) is 5.75 Å². The first-order valence-electron chi connectivity index (χ1n) is 13.1. The Bertz CT molecular complexity index is 1570. The molecule has 1 atom stereocenters. The Morgan fingerprint density at radius 2 is 1.73 bits per heavy atom. The zero-order valence-electron chi connectivity index (χ0n) is 22.4. The van der Waals surface area contributed by atoms with Gasteiger partial charge in [-0.2, -0.15) is 4.31 Å². The number of nitrogens with one attached hydrogen (secondary N) is 1. The summed E-state index contributed by atoms with van der Waals surface area (Å²) in [7, 11) is -2.02. The number of hydrogen-bond donors (Lipinski definition) is 2. The predicted molar refractivity (Wildman–Crippen MR) is 153 cm³/mol. The van der Waals surface area contributed by atoms with Crippen molar-refractivity contribution in [1.82, 2.24) is 14.3 Å². The zero-order valence-corrected chi connectivity index (χ0v) is 23.2. The van der Waals surface area contributed by atoms with Crippen LogP contribution in [0, 0.1) is 18.7 Å². The van der Waals surface area contributed by atoms with Crippen LogP contribution < -0.4 is 15.8 Å². The van der Waals surface area contributed by atoms with Crippen LogP contribution >= 0.6 is 0 Å². The number of piperidine rings is 1. The van der Waals surface area contributed by atoms with E-state index in [4.69, 9.17) is 10.5 Å². The lowest BCUT2D eigenvalue weighted by Gasteiger charge is -2.34. The molecule has 0 amide bonds. The molecule has 0 saturated carbocycles. The Labute approximate surface area is 234 Å². The van der Waals surface area contributed by atoms with E-state index >= 15 is 0 Å². The van der Waals surface area contributed by atoms with Crippen molar-refractivity contribution in [3.63, 3.8) is 0 Å². The van der Waals surface area contributed by atoms with Crippen molar-refractivity contribution in [3.8, 4) is 17.0 Å². The molecule has 5 rings (SSSR count). The third-order valence-corrected chi connectivity index (χ3v) is 9.28. The van der Waals surface area contributed by atoms with E-state index in [0.29, 0.717) is 37.6 Å². The maximum atomic E-state index is 13.3. The van der Waals surface area contributed by atoms with E-state index in [-0.39, 0.29) is 22.7 Å². The van der Waals surface area contributed by atoms with E-state index in [9.17, 15) is 12.8 Å². The monoisotopic (exact) mass is 561 g/mol. The fraction of sp³-hybridized carbons (Fsp3) is 0.267. The number of anilines is 2. The number of rotatable bonds is 8. The quantitative estimate of drug-likeness (QED) is 0.295. The molecule has 0 aliphatic carbocycles. The lowest BCUT2D eigenvalue weighted by Crippen LogP contribution is -2.40. The number of aryl methyl sites for hydroxylation is 1. The number of nitrogens with zero attached hydrogens (tertiary/aromatic N) is 3. The highest BCUT2D eigenvalue weighted by Crippen LogP contribution is 2.32. The summed E-state index contributed by atoms with van der Waals surface area (Å²) in [5.41, 5.74) is 10.6. The third-order valence-electron chi connectivity index (χ3n) is 7.37. The van der Waals surface area contributed by atoms with Gasteiger partial charge in [-0.05, 0) is 85.3 Å². The molecule has 8 nitrogen and oxygen atoms in total. The first-order valence-corrected chi connectivity index (χ1v) is 14.5. The van der Waals surface area contributed by atoms with Crippen LogP contribution in [0.4, 0.5) is 16.0 Å². The molecule has 2 heterocycles. The summed E-state index contributed by atoms with van der Waals surface area (Å²) >= 11 is 0. The first-order chi connectivity index (χ1) is 19.2. The molecule has 0 unspecified atom stereocenters. The second kappa shape index (κ2) is 11.7. The molecule has 1 aliphatic rings. The van der Waals surface area contributed by atoms with Gasteiger partial charge in [-0.1, -0.05) is 24.3 Å². The summed E-state index contributed by atoms with van der Waals surface area (Å²) in [5, 5.41) is 3.15. The number of aromatic nitrogens is 2. The number of methoxy groups -OCH3 is 1. The van der Waals surface area contributed by atoms with Crippen molar-refractivity contribution in [2.45, 2.75) is 30.7 Å². The minimum absolute atomic E-state index is 0.125. The molecular formula is C30H32FN5O3S. The average Bonchev–Trinajstić information content (AvgIpc) is 2.98. The third kappa shape index (κ3) is 5.99. The van der Waals surface area contributed by atoms with Crippen LogP contribution in [0.3, 0.4) is 0 Å². The molecule has 1 aromatic heterocycles. The fourth-order valence-electron chi connectivity index (χ4n) is 4.98. The van der Waals surface area contributed by atoms with Crippen LogP contribution in [0.2, 0.25) is 0 Å². The standard InChI is InChI=1S/C30H32FN5O3S/c1-20-3-4-23(19-28(20)39-2)27-13-16-33-30(35-27)34-25-9-11-26(12-10-25)40(37,38)36-17-14-22(15-18-36)29(32)21-5-7-24(31)8-6-21/h3-13,16,19,22,29H,14-15,17-18,32H2,1-2H3,(H,33,34,35)/t29-/m0/s1.